The van der Waals surface area contributed by atoms with Gasteiger partial charge in [-0.3, -0.25) is 10.1 Å². The highest BCUT2D eigenvalue weighted by Crippen LogP contribution is 2.37. The molecule has 1 fully saturated rings. The Labute approximate surface area is 163 Å². The van der Waals surface area contributed by atoms with Gasteiger partial charge in [0.25, 0.3) is 6.20 Å². The molecule has 0 aliphatic heterocycles. The van der Waals surface area contributed by atoms with Gasteiger partial charge in [-0.05, 0) is 37.0 Å². The Balaban J connectivity index is 2.13. The van der Waals surface area contributed by atoms with Crippen LogP contribution in [0.25, 0.3) is 0 Å². The number of alkyl halides is 6. The lowest BCUT2D eigenvalue weighted by molar-refractivity contribution is -0.403. The van der Waals surface area contributed by atoms with Crippen molar-refractivity contribution in [3.8, 4) is 0 Å². The van der Waals surface area contributed by atoms with Crippen molar-refractivity contribution in [1.82, 2.24) is 5.32 Å². The van der Waals surface area contributed by atoms with Gasteiger partial charge in [0.05, 0.1) is 16.1 Å². The molecule has 1 saturated carbocycles. The van der Waals surface area contributed by atoms with Gasteiger partial charge in [0.15, 0.2) is 5.82 Å². The fourth-order valence-electron chi connectivity index (χ4n) is 3.32. The quantitative estimate of drug-likeness (QED) is 0.240. The lowest BCUT2D eigenvalue weighted by Crippen LogP contribution is -2.23. The first-order chi connectivity index (χ1) is 13.4. The maximum absolute atomic E-state index is 12.9. The molecule has 2 rings (SSSR count). The van der Waals surface area contributed by atoms with Gasteiger partial charge in [0, 0.05) is 12.2 Å². The third-order valence-electron chi connectivity index (χ3n) is 4.68. The van der Waals surface area contributed by atoms with Gasteiger partial charge in [0.2, 0.25) is 0 Å². The predicted molar refractivity (Wildman–Crippen MR) is 94.3 cm³/mol. The van der Waals surface area contributed by atoms with E-state index < -0.39 is 34.1 Å². The molecule has 0 unspecified atom stereocenters. The Bertz CT molecular complexity index is 708. The lowest BCUT2D eigenvalue weighted by atomic mass is 10.0. The molecule has 1 aromatic rings. The molecular formula is C18H21F6N3O2. The topological polar surface area (TPSA) is 67.2 Å². The zero-order valence-electron chi connectivity index (χ0n) is 15.4. The highest BCUT2D eigenvalue weighted by molar-refractivity contribution is 5.53. The normalized spacial score (nSPS) is 16.1. The largest absolute Gasteiger partial charge is 0.416 e. The second kappa shape index (κ2) is 9.36. The number of hydrogen-bond acceptors (Lipinski definition) is 4. The van der Waals surface area contributed by atoms with Gasteiger partial charge in [-0.15, -0.1) is 0 Å². The van der Waals surface area contributed by atoms with E-state index in [9.17, 15) is 36.5 Å². The summed E-state index contributed by atoms with van der Waals surface area (Å²) in [7, 11) is 0. The summed E-state index contributed by atoms with van der Waals surface area (Å²) in [6.07, 6.45) is -3.35. The summed E-state index contributed by atoms with van der Waals surface area (Å²) < 4.78 is 77.7. The van der Waals surface area contributed by atoms with Crippen molar-refractivity contribution in [2.24, 2.45) is 5.92 Å². The number of nitrogens with one attached hydrogen (secondary N) is 2. The minimum absolute atomic E-state index is 0.00288. The van der Waals surface area contributed by atoms with E-state index >= 15 is 0 Å². The van der Waals surface area contributed by atoms with Crippen LogP contribution >= 0.6 is 0 Å². The number of halogens is 6. The highest BCUT2D eigenvalue weighted by Gasteiger charge is 2.37. The first kappa shape index (κ1) is 22.8. The van der Waals surface area contributed by atoms with Gasteiger partial charge in [-0.1, -0.05) is 25.7 Å². The molecule has 1 aromatic carbocycles. The molecule has 0 atom stereocenters. The molecule has 1 aliphatic rings. The van der Waals surface area contributed by atoms with E-state index in [2.05, 4.69) is 10.6 Å². The summed E-state index contributed by atoms with van der Waals surface area (Å²) in [5.74, 6) is 0.305. The number of nitrogens with zero attached hydrogens (tertiary/aromatic N) is 1. The maximum Gasteiger partial charge on any atom is 0.416 e. The smallest absolute Gasteiger partial charge is 0.366 e. The first-order valence-corrected chi connectivity index (χ1v) is 9.11. The van der Waals surface area contributed by atoms with Crippen molar-refractivity contribution in [2.75, 3.05) is 11.9 Å². The zero-order valence-corrected chi connectivity index (χ0v) is 15.4. The third-order valence-corrected chi connectivity index (χ3v) is 4.68. The van der Waals surface area contributed by atoms with E-state index in [-0.39, 0.29) is 11.9 Å². The van der Waals surface area contributed by atoms with Crippen LogP contribution in [0.5, 0.6) is 0 Å². The van der Waals surface area contributed by atoms with Crippen LogP contribution in [-0.2, 0) is 12.4 Å². The second-order valence-corrected chi connectivity index (χ2v) is 6.97. The average molecular weight is 425 g/mol. The Morgan fingerprint density at radius 3 is 2.10 bits per heavy atom. The van der Waals surface area contributed by atoms with Gasteiger partial charge in [0.1, 0.15) is 0 Å². The van der Waals surface area contributed by atoms with Gasteiger partial charge < -0.3 is 10.6 Å². The number of nitro groups is 1. The van der Waals surface area contributed by atoms with Crippen LogP contribution in [0.2, 0.25) is 0 Å². The van der Waals surface area contributed by atoms with Crippen LogP contribution in [0.3, 0.4) is 0 Å². The zero-order chi connectivity index (χ0) is 21.7. The summed E-state index contributed by atoms with van der Waals surface area (Å²) in [5, 5.41) is 15.7. The van der Waals surface area contributed by atoms with Crippen LogP contribution in [0.4, 0.5) is 32.0 Å². The molecule has 0 bridgehead atoms. The first-order valence-electron chi connectivity index (χ1n) is 9.11. The molecule has 11 heteroatoms. The van der Waals surface area contributed by atoms with E-state index in [1.165, 1.54) is 12.8 Å². The molecule has 5 nitrogen and oxygen atoms in total. The lowest BCUT2D eigenvalue weighted by Gasteiger charge is -2.17. The molecule has 0 spiro atoms. The van der Waals surface area contributed by atoms with Gasteiger partial charge in [-0.2, -0.15) is 26.3 Å². The van der Waals surface area contributed by atoms with Crippen LogP contribution in [-0.4, -0.2) is 11.5 Å². The molecule has 0 aromatic heterocycles. The van der Waals surface area contributed by atoms with Crippen molar-refractivity contribution >= 4 is 5.69 Å². The molecule has 2 N–H and O–H groups in total. The Morgan fingerprint density at radius 1 is 1.07 bits per heavy atom. The van der Waals surface area contributed by atoms with Crippen molar-refractivity contribution in [3.05, 3.63) is 51.5 Å². The van der Waals surface area contributed by atoms with Crippen molar-refractivity contribution in [1.29, 1.82) is 0 Å². The van der Waals surface area contributed by atoms with Crippen molar-refractivity contribution < 1.29 is 31.3 Å². The number of anilines is 1. The molecule has 0 amide bonds. The fraction of sp³-hybridized carbons (Fsp3) is 0.556. The Hall–Kier alpha value is -2.46. The van der Waals surface area contributed by atoms with E-state index in [1.807, 2.05) is 0 Å². The van der Waals surface area contributed by atoms with E-state index in [4.69, 9.17) is 0 Å². The molecule has 0 radical (unpaired) electrons. The number of rotatable bonds is 8. The monoisotopic (exact) mass is 425 g/mol. The average Bonchev–Trinajstić information content (AvgIpc) is 3.09. The van der Waals surface area contributed by atoms with Gasteiger partial charge in [-0.25, -0.2) is 0 Å². The molecule has 0 saturated heterocycles. The molecule has 29 heavy (non-hydrogen) atoms. The summed E-state index contributed by atoms with van der Waals surface area (Å²) in [6, 6.07) is 0.948. The molecule has 162 valence electrons. The third kappa shape index (κ3) is 7.47. The molecular weight excluding hydrogens is 404 g/mol. The number of benzene rings is 1. The minimum Gasteiger partial charge on any atom is -0.366 e. The van der Waals surface area contributed by atoms with Crippen LogP contribution in [0.15, 0.2) is 30.2 Å². The van der Waals surface area contributed by atoms with E-state index in [0.717, 1.165) is 19.3 Å². The fourth-order valence-corrected chi connectivity index (χ4v) is 3.32. The van der Waals surface area contributed by atoms with E-state index in [1.54, 1.807) is 0 Å². The SMILES string of the molecule is O=[N+]([O-])/C=C(\NCCCC1CCCC1)Nc1cc(C(F)(F)F)cc(C(F)(F)F)c1. The van der Waals surface area contributed by atoms with Crippen LogP contribution in [0.1, 0.15) is 49.7 Å². The van der Waals surface area contributed by atoms with Crippen LogP contribution < -0.4 is 10.6 Å². The Morgan fingerprint density at radius 2 is 1.62 bits per heavy atom. The predicted octanol–water partition coefficient (Wildman–Crippen LogP) is 5.77. The Kier molecular flexibility index (Phi) is 7.37. The maximum atomic E-state index is 12.9. The second-order valence-electron chi connectivity index (χ2n) is 6.97. The van der Waals surface area contributed by atoms with E-state index in [0.29, 0.717) is 37.2 Å². The van der Waals surface area contributed by atoms with Gasteiger partial charge >= 0.3 is 12.4 Å². The minimum atomic E-state index is -5.00. The summed E-state index contributed by atoms with van der Waals surface area (Å²) in [5.41, 5.74) is -3.56. The highest BCUT2D eigenvalue weighted by atomic mass is 19.4. The van der Waals surface area contributed by atoms with Crippen molar-refractivity contribution in [2.45, 2.75) is 50.9 Å². The summed E-state index contributed by atoms with van der Waals surface area (Å²) >= 11 is 0. The van der Waals surface area contributed by atoms with Crippen LogP contribution in [0, 0.1) is 16.0 Å². The number of hydrogen-bond donors (Lipinski definition) is 2. The molecule has 0 heterocycles. The molecule has 1 aliphatic carbocycles. The standard InChI is InChI=1S/C18H21F6N3O2/c19-17(20,21)13-8-14(18(22,23)24)10-15(9-13)26-16(11-27(28)29)25-7-3-6-12-4-1-2-5-12/h8-12,25-26H,1-7H2/b16-11+. The summed E-state index contributed by atoms with van der Waals surface area (Å²) in [4.78, 5) is 9.94. The summed E-state index contributed by atoms with van der Waals surface area (Å²) in [6.45, 7) is 0.300. The van der Waals surface area contributed by atoms with Crippen molar-refractivity contribution in [3.63, 3.8) is 0 Å².